The van der Waals surface area contributed by atoms with Crippen molar-refractivity contribution in [3.63, 3.8) is 0 Å². The number of sulfone groups is 1. The molecule has 1 aromatic heterocycles. The average Bonchev–Trinajstić information content (AvgIpc) is 3.27. The number of anilines is 1. The van der Waals surface area contributed by atoms with Crippen LogP contribution in [0.15, 0.2) is 71.6 Å². The average molecular weight is 485 g/mol. The minimum atomic E-state index is -3.34. The Labute approximate surface area is 196 Å². The van der Waals surface area contributed by atoms with Crippen molar-refractivity contribution in [3.05, 3.63) is 88.4 Å². The highest BCUT2D eigenvalue weighted by molar-refractivity contribution is 7.91. The van der Waals surface area contributed by atoms with E-state index in [0.29, 0.717) is 22.3 Å². The summed E-state index contributed by atoms with van der Waals surface area (Å²) in [7, 11) is -3.34. The van der Waals surface area contributed by atoms with E-state index in [-0.39, 0.29) is 16.6 Å². The lowest BCUT2D eigenvalue weighted by atomic mass is 10.1. The molecular formula is C24H21ClN2O3S2. The number of hydrogen-bond acceptors (Lipinski definition) is 5. The first-order valence-electron chi connectivity index (χ1n) is 10.0. The third kappa shape index (κ3) is 4.41. The highest BCUT2D eigenvalue weighted by Gasteiger charge is 2.23. The predicted molar refractivity (Wildman–Crippen MR) is 130 cm³/mol. The Morgan fingerprint density at radius 2 is 1.72 bits per heavy atom. The maximum absolute atomic E-state index is 13.5. The number of fused-ring (bicyclic) bond motifs is 1. The van der Waals surface area contributed by atoms with Gasteiger partial charge >= 0.3 is 0 Å². The van der Waals surface area contributed by atoms with E-state index in [1.807, 2.05) is 49.4 Å². The van der Waals surface area contributed by atoms with E-state index < -0.39 is 9.84 Å². The minimum Gasteiger partial charge on any atom is -0.279 e. The molecule has 1 heterocycles. The number of carbonyl (C=O) groups excluding carboxylic acids is 1. The van der Waals surface area contributed by atoms with Crippen LogP contribution in [0.1, 0.15) is 28.4 Å². The van der Waals surface area contributed by atoms with E-state index in [1.54, 1.807) is 24.0 Å². The molecule has 0 saturated heterocycles. The highest BCUT2D eigenvalue weighted by atomic mass is 35.5. The third-order valence-corrected chi connectivity index (χ3v) is 8.48. The molecule has 0 saturated carbocycles. The summed E-state index contributed by atoms with van der Waals surface area (Å²) < 4.78 is 25.1. The van der Waals surface area contributed by atoms with Crippen LogP contribution in [-0.2, 0) is 16.4 Å². The van der Waals surface area contributed by atoms with Crippen LogP contribution in [0.3, 0.4) is 0 Å². The van der Waals surface area contributed by atoms with E-state index in [9.17, 15) is 13.2 Å². The number of thiazole rings is 1. The van der Waals surface area contributed by atoms with Gasteiger partial charge < -0.3 is 0 Å². The number of aryl methyl sites for hydroxylation is 1. The van der Waals surface area contributed by atoms with Crippen molar-refractivity contribution < 1.29 is 13.2 Å². The molecule has 32 heavy (non-hydrogen) atoms. The Morgan fingerprint density at radius 1 is 1.03 bits per heavy atom. The largest absolute Gasteiger partial charge is 0.279 e. The van der Waals surface area contributed by atoms with Gasteiger partial charge in [-0.1, -0.05) is 66.3 Å². The summed E-state index contributed by atoms with van der Waals surface area (Å²) in [6, 6.07) is 19.4. The summed E-state index contributed by atoms with van der Waals surface area (Å²) >= 11 is 7.75. The topological polar surface area (TPSA) is 67.3 Å². The summed E-state index contributed by atoms with van der Waals surface area (Å²) in [6.45, 7) is 3.87. The Morgan fingerprint density at radius 3 is 2.34 bits per heavy atom. The Kier molecular flexibility index (Phi) is 6.33. The quantitative estimate of drug-likeness (QED) is 0.341. The summed E-state index contributed by atoms with van der Waals surface area (Å²) in [4.78, 5) is 20.1. The van der Waals surface area contributed by atoms with Gasteiger partial charge in [-0.15, -0.1) is 0 Å². The first-order valence-corrected chi connectivity index (χ1v) is 12.9. The van der Waals surface area contributed by atoms with Crippen molar-refractivity contribution in [1.29, 1.82) is 0 Å². The van der Waals surface area contributed by atoms with Gasteiger partial charge in [-0.25, -0.2) is 13.4 Å². The van der Waals surface area contributed by atoms with Crippen LogP contribution in [0.2, 0.25) is 5.02 Å². The molecule has 4 aromatic rings. The zero-order valence-corrected chi connectivity index (χ0v) is 20.0. The Bertz CT molecular complexity index is 1340. The van der Waals surface area contributed by atoms with Crippen molar-refractivity contribution in [3.8, 4) is 0 Å². The molecule has 0 radical (unpaired) electrons. The molecule has 0 bridgehead atoms. The standard InChI is InChI=1S/C24H21ClN2O3S2/c1-3-32(29,30)19-12-10-18(11-13-19)23(28)27(15-17-7-5-4-6-8-17)24-26-21-16(2)9-14-20(25)22(21)31-24/h4-14H,3,15H2,1-2H3. The second-order valence-corrected chi connectivity index (χ2v) is 11.0. The number of aromatic nitrogens is 1. The summed E-state index contributed by atoms with van der Waals surface area (Å²) in [6.07, 6.45) is 0. The summed E-state index contributed by atoms with van der Waals surface area (Å²) in [5.74, 6) is -0.256. The van der Waals surface area contributed by atoms with E-state index in [2.05, 4.69) is 0 Å². The van der Waals surface area contributed by atoms with Crippen molar-refractivity contribution in [2.75, 3.05) is 10.7 Å². The molecule has 0 aliphatic rings. The molecule has 164 valence electrons. The van der Waals surface area contributed by atoms with Crippen LogP contribution in [0.5, 0.6) is 0 Å². The van der Waals surface area contributed by atoms with Crippen molar-refractivity contribution in [2.45, 2.75) is 25.3 Å². The van der Waals surface area contributed by atoms with Crippen LogP contribution in [0, 0.1) is 6.92 Å². The van der Waals surface area contributed by atoms with Gasteiger partial charge in [0, 0.05) is 5.56 Å². The smallest absolute Gasteiger partial charge is 0.260 e. The van der Waals surface area contributed by atoms with Crippen LogP contribution < -0.4 is 4.90 Å². The molecule has 5 nitrogen and oxygen atoms in total. The van der Waals surface area contributed by atoms with Gasteiger partial charge in [0.2, 0.25) is 0 Å². The number of nitrogens with zero attached hydrogens (tertiary/aromatic N) is 2. The van der Waals surface area contributed by atoms with Crippen molar-refractivity contribution in [2.24, 2.45) is 0 Å². The van der Waals surface area contributed by atoms with Gasteiger partial charge in [-0.3, -0.25) is 9.69 Å². The van der Waals surface area contributed by atoms with E-state index >= 15 is 0 Å². The van der Waals surface area contributed by atoms with Gasteiger partial charge in [0.05, 0.1) is 32.4 Å². The fraction of sp³-hybridized carbons (Fsp3) is 0.167. The fourth-order valence-electron chi connectivity index (χ4n) is 3.33. The lowest BCUT2D eigenvalue weighted by Gasteiger charge is -2.20. The van der Waals surface area contributed by atoms with E-state index in [1.165, 1.54) is 23.5 Å². The lowest BCUT2D eigenvalue weighted by molar-refractivity contribution is 0.0985. The number of carbonyl (C=O) groups is 1. The predicted octanol–water partition coefficient (Wildman–Crippen LogP) is 5.90. The second-order valence-electron chi connectivity index (χ2n) is 7.34. The van der Waals surface area contributed by atoms with Gasteiger partial charge in [-0.2, -0.15) is 0 Å². The number of hydrogen-bond donors (Lipinski definition) is 0. The first kappa shape index (κ1) is 22.5. The van der Waals surface area contributed by atoms with E-state index in [4.69, 9.17) is 16.6 Å². The number of rotatable bonds is 6. The molecule has 4 rings (SSSR count). The first-order chi connectivity index (χ1) is 15.3. The summed E-state index contributed by atoms with van der Waals surface area (Å²) in [5.41, 5.74) is 3.09. The molecule has 3 aromatic carbocycles. The van der Waals surface area contributed by atoms with Crippen molar-refractivity contribution in [1.82, 2.24) is 4.98 Å². The SMILES string of the molecule is CCS(=O)(=O)c1ccc(C(=O)N(Cc2ccccc2)c2nc3c(C)ccc(Cl)c3s2)cc1. The lowest BCUT2D eigenvalue weighted by Crippen LogP contribution is -2.30. The number of halogens is 1. The highest BCUT2D eigenvalue weighted by Crippen LogP contribution is 2.36. The fourth-order valence-corrected chi connectivity index (χ4v) is 5.52. The van der Waals surface area contributed by atoms with Crippen LogP contribution in [-0.4, -0.2) is 25.1 Å². The number of benzene rings is 3. The Hall–Kier alpha value is -2.74. The molecule has 0 N–H and O–H groups in total. The van der Waals surface area contributed by atoms with Crippen molar-refractivity contribution >= 4 is 54.0 Å². The molecule has 0 fully saturated rings. The zero-order chi connectivity index (χ0) is 22.9. The molecule has 1 amide bonds. The number of amides is 1. The molecule has 0 unspecified atom stereocenters. The monoisotopic (exact) mass is 484 g/mol. The van der Waals surface area contributed by atoms with Crippen LogP contribution in [0.4, 0.5) is 5.13 Å². The normalized spacial score (nSPS) is 11.6. The maximum Gasteiger partial charge on any atom is 0.260 e. The third-order valence-electron chi connectivity index (χ3n) is 5.19. The van der Waals surface area contributed by atoms with Gasteiger partial charge in [0.1, 0.15) is 0 Å². The Balaban J connectivity index is 1.77. The minimum absolute atomic E-state index is 0.00619. The van der Waals surface area contributed by atoms with E-state index in [0.717, 1.165) is 21.3 Å². The molecule has 8 heteroatoms. The second kappa shape index (κ2) is 9.02. The van der Waals surface area contributed by atoms with Gasteiger partial charge in [-0.05, 0) is 48.4 Å². The molecule has 0 spiro atoms. The summed E-state index contributed by atoms with van der Waals surface area (Å²) in [5, 5.41) is 1.13. The molecule has 0 aliphatic carbocycles. The molecule has 0 atom stereocenters. The molecular weight excluding hydrogens is 464 g/mol. The van der Waals surface area contributed by atoms with Crippen LogP contribution >= 0.6 is 22.9 Å². The van der Waals surface area contributed by atoms with Gasteiger partial charge in [0.25, 0.3) is 5.91 Å². The zero-order valence-electron chi connectivity index (χ0n) is 17.6. The maximum atomic E-state index is 13.5. The van der Waals surface area contributed by atoms with Crippen LogP contribution in [0.25, 0.3) is 10.2 Å². The molecule has 0 aliphatic heterocycles. The van der Waals surface area contributed by atoms with Gasteiger partial charge in [0.15, 0.2) is 15.0 Å².